The predicted molar refractivity (Wildman–Crippen MR) is 63.2 cm³/mol. The topological polar surface area (TPSA) is 64.2 Å². The first-order chi connectivity index (χ1) is 7.47. The van der Waals surface area contributed by atoms with Gasteiger partial charge in [-0.2, -0.15) is 5.10 Å². The third-order valence-corrected chi connectivity index (χ3v) is 2.48. The summed E-state index contributed by atoms with van der Waals surface area (Å²) >= 11 is 0. The van der Waals surface area contributed by atoms with Crippen LogP contribution in [-0.4, -0.2) is 39.7 Å². The molecule has 1 aromatic rings. The van der Waals surface area contributed by atoms with Crippen LogP contribution < -0.4 is 5.73 Å². The number of aryl methyl sites for hydroxylation is 2. The van der Waals surface area contributed by atoms with E-state index in [4.69, 9.17) is 5.73 Å². The van der Waals surface area contributed by atoms with Gasteiger partial charge in [-0.15, -0.1) is 0 Å². The van der Waals surface area contributed by atoms with E-state index in [1.807, 2.05) is 20.8 Å². The lowest BCUT2D eigenvalue weighted by atomic mass is 10.2. The van der Waals surface area contributed by atoms with Gasteiger partial charge in [-0.05, 0) is 26.8 Å². The van der Waals surface area contributed by atoms with E-state index in [2.05, 4.69) is 5.10 Å². The minimum absolute atomic E-state index is 0.0106. The Kier molecular flexibility index (Phi) is 4.06. The standard InChI is InChI=1S/C11H20N4O/c1-8(2)15(6-5-12)11(16)10-7-9(3)13-14(10)4/h7-8H,5-6,12H2,1-4H3. The molecule has 0 atom stereocenters. The molecule has 0 aromatic carbocycles. The maximum Gasteiger partial charge on any atom is 0.272 e. The quantitative estimate of drug-likeness (QED) is 0.811. The lowest BCUT2D eigenvalue weighted by Gasteiger charge is -2.25. The van der Waals surface area contributed by atoms with Gasteiger partial charge in [0.2, 0.25) is 0 Å². The molecule has 0 radical (unpaired) electrons. The van der Waals surface area contributed by atoms with Crippen molar-refractivity contribution < 1.29 is 4.79 Å². The Morgan fingerprint density at radius 2 is 2.25 bits per heavy atom. The summed E-state index contributed by atoms with van der Waals surface area (Å²) in [6, 6.07) is 1.94. The molecule has 1 rings (SSSR count). The van der Waals surface area contributed by atoms with Crippen molar-refractivity contribution in [2.24, 2.45) is 12.8 Å². The van der Waals surface area contributed by atoms with Gasteiger partial charge in [-0.25, -0.2) is 0 Å². The lowest BCUT2D eigenvalue weighted by Crippen LogP contribution is -2.41. The van der Waals surface area contributed by atoms with Crippen LogP contribution in [0.4, 0.5) is 0 Å². The van der Waals surface area contributed by atoms with Crippen molar-refractivity contribution in [3.63, 3.8) is 0 Å². The van der Waals surface area contributed by atoms with Crippen LogP contribution in [0.2, 0.25) is 0 Å². The molecule has 0 saturated heterocycles. The Morgan fingerprint density at radius 1 is 1.62 bits per heavy atom. The molecule has 5 heteroatoms. The fourth-order valence-electron chi connectivity index (χ4n) is 1.69. The zero-order valence-electron chi connectivity index (χ0n) is 10.4. The average Bonchev–Trinajstić information content (AvgIpc) is 2.53. The molecule has 2 N–H and O–H groups in total. The summed E-state index contributed by atoms with van der Waals surface area (Å²) in [6.45, 7) is 6.88. The van der Waals surface area contributed by atoms with Crippen LogP contribution in [0, 0.1) is 6.92 Å². The zero-order valence-corrected chi connectivity index (χ0v) is 10.4. The third-order valence-electron chi connectivity index (χ3n) is 2.48. The SMILES string of the molecule is Cc1cc(C(=O)N(CCN)C(C)C)n(C)n1. The van der Waals surface area contributed by atoms with E-state index < -0.39 is 0 Å². The van der Waals surface area contributed by atoms with Gasteiger partial charge in [0.15, 0.2) is 0 Å². The first-order valence-electron chi connectivity index (χ1n) is 5.49. The summed E-state index contributed by atoms with van der Waals surface area (Å²) in [5.41, 5.74) is 6.97. The van der Waals surface area contributed by atoms with Crippen molar-refractivity contribution in [2.45, 2.75) is 26.8 Å². The van der Waals surface area contributed by atoms with Crippen molar-refractivity contribution in [1.29, 1.82) is 0 Å². The van der Waals surface area contributed by atoms with Crippen molar-refractivity contribution in [3.8, 4) is 0 Å². The highest BCUT2D eigenvalue weighted by molar-refractivity contribution is 5.92. The molecule has 0 aliphatic rings. The van der Waals surface area contributed by atoms with Crippen LogP contribution in [0.25, 0.3) is 0 Å². The number of rotatable bonds is 4. The summed E-state index contributed by atoms with van der Waals surface area (Å²) < 4.78 is 1.61. The van der Waals surface area contributed by atoms with Gasteiger partial charge in [0.05, 0.1) is 5.69 Å². The first-order valence-corrected chi connectivity index (χ1v) is 5.49. The normalized spacial score (nSPS) is 10.9. The van der Waals surface area contributed by atoms with Crippen LogP contribution in [0.1, 0.15) is 30.0 Å². The van der Waals surface area contributed by atoms with Gasteiger partial charge in [0.25, 0.3) is 5.91 Å². The maximum atomic E-state index is 12.2. The molecule has 0 saturated carbocycles. The molecule has 1 amide bonds. The van der Waals surface area contributed by atoms with Crippen LogP contribution in [0.5, 0.6) is 0 Å². The van der Waals surface area contributed by atoms with Gasteiger partial charge in [0, 0.05) is 26.2 Å². The minimum atomic E-state index is -0.0106. The maximum absolute atomic E-state index is 12.2. The Labute approximate surface area is 96.2 Å². The van der Waals surface area contributed by atoms with Crippen molar-refractivity contribution in [2.75, 3.05) is 13.1 Å². The van der Waals surface area contributed by atoms with E-state index in [1.54, 1.807) is 22.7 Å². The number of carbonyl (C=O) groups is 1. The fourth-order valence-corrected chi connectivity index (χ4v) is 1.69. The number of carbonyl (C=O) groups excluding carboxylic acids is 1. The van der Waals surface area contributed by atoms with Crippen LogP contribution in [0.3, 0.4) is 0 Å². The molecule has 0 bridgehead atoms. The van der Waals surface area contributed by atoms with Gasteiger partial charge in [0.1, 0.15) is 5.69 Å². The molecule has 0 unspecified atom stereocenters. The molecular weight excluding hydrogens is 204 g/mol. The van der Waals surface area contributed by atoms with Gasteiger partial charge >= 0.3 is 0 Å². The molecule has 0 spiro atoms. The van der Waals surface area contributed by atoms with Gasteiger partial charge in [-0.1, -0.05) is 0 Å². The van der Waals surface area contributed by atoms with E-state index in [9.17, 15) is 4.79 Å². The van der Waals surface area contributed by atoms with Crippen molar-refractivity contribution in [1.82, 2.24) is 14.7 Å². The van der Waals surface area contributed by atoms with E-state index in [1.165, 1.54) is 0 Å². The van der Waals surface area contributed by atoms with Gasteiger partial charge < -0.3 is 10.6 Å². The highest BCUT2D eigenvalue weighted by atomic mass is 16.2. The number of nitrogens with two attached hydrogens (primary N) is 1. The second-order valence-electron chi connectivity index (χ2n) is 4.18. The molecule has 1 heterocycles. The van der Waals surface area contributed by atoms with Crippen LogP contribution in [-0.2, 0) is 7.05 Å². The second kappa shape index (κ2) is 5.12. The number of hydrogen-bond acceptors (Lipinski definition) is 3. The van der Waals surface area contributed by atoms with E-state index >= 15 is 0 Å². The summed E-state index contributed by atoms with van der Waals surface area (Å²) in [5, 5.41) is 4.17. The lowest BCUT2D eigenvalue weighted by molar-refractivity contribution is 0.0700. The Morgan fingerprint density at radius 3 is 2.62 bits per heavy atom. The predicted octanol–water partition coefficient (Wildman–Crippen LogP) is 0.538. The zero-order chi connectivity index (χ0) is 12.3. The summed E-state index contributed by atoms with van der Waals surface area (Å²) in [4.78, 5) is 14.0. The van der Waals surface area contributed by atoms with E-state index in [0.29, 0.717) is 18.8 Å². The van der Waals surface area contributed by atoms with Crippen molar-refractivity contribution >= 4 is 5.91 Å². The monoisotopic (exact) mass is 224 g/mol. The first kappa shape index (κ1) is 12.7. The molecule has 90 valence electrons. The number of amides is 1. The Balaban J connectivity index is 2.94. The smallest absolute Gasteiger partial charge is 0.272 e. The molecule has 0 aliphatic heterocycles. The molecular formula is C11H20N4O. The summed E-state index contributed by atoms with van der Waals surface area (Å²) in [5.74, 6) is -0.0106. The number of aromatic nitrogens is 2. The largest absolute Gasteiger partial charge is 0.334 e. The molecule has 0 fully saturated rings. The molecule has 1 aromatic heterocycles. The summed E-state index contributed by atoms with van der Waals surface area (Å²) in [6.07, 6.45) is 0. The highest BCUT2D eigenvalue weighted by Crippen LogP contribution is 2.09. The fraction of sp³-hybridized carbons (Fsp3) is 0.636. The summed E-state index contributed by atoms with van der Waals surface area (Å²) in [7, 11) is 1.78. The Bertz CT molecular complexity index is 370. The Hall–Kier alpha value is -1.36. The van der Waals surface area contributed by atoms with Gasteiger partial charge in [-0.3, -0.25) is 9.48 Å². The molecule has 5 nitrogen and oxygen atoms in total. The third kappa shape index (κ3) is 2.61. The van der Waals surface area contributed by atoms with E-state index in [0.717, 1.165) is 5.69 Å². The second-order valence-corrected chi connectivity index (χ2v) is 4.18. The van der Waals surface area contributed by atoms with Crippen LogP contribution >= 0.6 is 0 Å². The average molecular weight is 224 g/mol. The minimum Gasteiger partial charge on any atom is -0.334 e. The number of hydrogen-bond donors (Lipinski definition) is 1. The van der Waals surface area contributed by atoms with E-state index in [-0.39, 0.29) is 11.9 Å². The van der Waals surface area contributed by atoms with Crippen molar-refractivity contribution in [3.05, 3.63) is 17.5 Å². The molecule has 0 aliphatic carbocycles. The highest BCUT2D eigenvalue weighted by Gasteiger charge is 2.21. The van der Waals surface area contributed by atoms with Crippen LogP contribution in [0.15, 0.2) is 6.07 Å². The molecule has 16 heavy (non-hydrogen) atoms. The number of nitrogens with zero attached hydrogens (tertiary/aromatic N) is 3.